The van der Waals surface area contributed by atoms with E-state index in [0.29, 0.717) is 13.2 Å². The van der Waals surface area contributed by atoms with Crippen molar-refractivity contribution in [1.29, 1.82) is 0 Å². The topological polar surface area (TPSA) is 44.2 Å². The highest BCUT2D eigenvalue weighted by atomic mass is 16.5. The molecule has 0 unspecified atom stereocenters. The lowest BCUT2D eigenvalue weighted by molar-refractivity contribution is 0.306. The molecule has 0 aliphatic carbocycles. The van der Waals surface area contributed by atoms with E-state index in [1.807, 2.05) is 24.3 Å². The first-order chi connectivity index (χ1) is 17.6. The molecule has 0 saturated carbocycles. The van der Waals surface area contributed by atoms with E-state index in [0.717, 1.165) is 55.2 Å². The van der Waals surface area contributed by atoms with Gasteiger partial charge in [-0.2, -0.15) is 0 Å². The highest BCUT2D eigenvalue weighted by molar-refractivity contribution is 6.23. The van der Waals surface area contributed by atoms with Crippen molar-refractivity contribution in [3.8, 4) is 11.5 Å². The van der Waals surface area contributed by atoms with Gasteiger partial charge in [0.2, 0.25) is 0 Å². The minimum absolute atomic E-state index is 0.494. The third-order valence-corrected chi connectivity index (χ3v) is 6.52. The predicted octanol–water partition coefficient (Wildman–Crippen LogP) is 7.71. The number of fused-ring (bicyclic) bond motifs is 6. The quantitative estimate of drug-likeness (QED) is 0.234. The Balaban J connectivity index is 1.36. The average Bonchev–Trinajstić information content (AvgIpc) is 2.92. The second-order valence-electron chi connectivity index (χ2n) is 9.22. The smallest absolute Gasteiger partial charge is 0.119 e. The number of aryl methyl sites for hydroxylation is 2. The summed E-state index contributed by atoms with van der Waals surface area (Å²) in [5.74, 6) is 1.73. The van der Waals surface area contributed by atoms with Crippen LogP contribution in [0.15, 0.2) is 97.3 Å². The summed E-state index contributed by atoms with van der Waals surface area (Å²) < 4.78 is 12.1. The minimum atomic E-state index is 0.494. The molecule has 176 valence electrons. The number of aromatic nitrogens is 2. The summed E-state index contributed by atoms with van der Waals surface area (Å²) >= 11 is 0. The molecule has 1 heterocycles. The summed E-state index contributed by atoms with van der Waals surface area (Å²) in [6.07, 6.45) is 3.51. The second-order valence-corrected chi connectivity index (χ2v) is 9.22. The van der Waals surface area contributed by atoms with E-state index in [2.05, 4.69) is 74.5 Å². The molecular weight excluding hydrogens is 444 g/mol. The van der Waals surface area contributed by atoms with E-state index < -0.39 is 0 Å². The van der Waals surface area contributed by atoms with Crippen molar-refractivity contribution in [3.63, 3.8) is 0 Å². The molecule has 0 spiro atoms. The predicted molar refractivity (Wildman–Crippen MR) is 146 cm³/mol. The van der Waals surface area contributed by atoms with Gasteiger partial charge in [0.1, 0.15) is 24.7 Å². The SMILES string of the molecule is Cc1ccc(OCc2ccc3c4ccc(COc5ccc(C)cc5)cc4c4nccnc4c3c2)cc1. The maximum atomic E-state index is 6.03. The van der Waals surface area contributed by atoms with Crippen LogP contribution < -0.4 is 9.47 Å². The first kappa shape index (κ1) is 22.1. The van der Waals surface area contributed by atoms with E-state index in [-0.39, 0.29) is 0 Å². The molecule has 4 heteroatoms. The standard InChI is InChI=1S/C32H26N2O2/c1-21-3-9-25(10-4-21)35-19-23-7-13-27-28-14-8-24(20-36-26-11-5-22(2)6-12-26)18-30(28)32-31(29(27)17-23)33-15-16-34-32/h3-18H,19-20H2,1-2H3. The molecule has 0 radical (unpaired) electrons. The molecule has 36 heavy (non-hydrogen) atoms. The van der Waals surface area contributed by atoms with Crippen LogP contribution in [0.5, 0.6) is 11.5 Å². The lowest BCUT2D eigenvalue weighted by Crippen LogP contribution is -1.98. The van der Waals surface area contributed by atoms with E-state index in [1.54, 1.807) is 12.4 Å². The van der Waals surface area contributed by atoms with Gasteiger partial charge in [0.05, 0.1) is 11.0 Å². The van der Waals surface area contributed by atoms with E-state index in [4.69, 9.17) is 19.4 Å². The summed E-state index contributed by atoms with van der Waals surface area (Å²) in [4.78, 5) is 9.45. The zero-order valence-electron chi connectivity index (χ0n) is 20.4. The monoisotopic (exact) mass is 470 g/mol. The van der Waals surface area contributed by atoms with Crippen LogP contribution in [0.1, 0.15) is 22.3 Å². The molecule has 6 aromatic rings. The van der Waals surface area contributed by atoms with Gasteiger partial charge in [0.15, 0.2) is 0 Å². The van der Waals surface area contributed by atoms with Gasteiger partial charge in [-0.05, 0) is 72.1 Å². The summed E-state index contributed by atoms with van der Waals surface area (Å²) in [5, 5.41) is 4.48. The van der Waals surface area contributed by atoms with Crippen molar-refractivity contribution in [2.75, 3.05) is 0 Å². The van der Waals surface area contributed by atoms with Gasteiger partial charge in [-0.3, -0.25) is 9.97 Å². The molecule has 1 aromatic heterocycles. The number of ether oxygens (including phenoxy) is 2. The van der Waals surface area contributed by atoms with Crippen molar-refractivity contribution in [1.82, 2.24) is 9.97 Å². The van der Waals surface area contributed by atoms with E-state index in [1.165, 1.54) is 11.1 Å². The molecular formula is C32H26N2O2. The Hall–Kier alpha value is -4.44. The van der Waals surface area contributed by atoms with Crippen LogP contribution in [0.4, 0.5) is 0 Å². The largest absolute Gasteiger partial charge is 0.489 e. The van der Waals surface area contributed by atoms with Crippen LogP contribution in [0.3, 0.4) is 0 Å². The Kier molecular flexibility index (Phi) is 5.70. The number of benzene rings is 5. The van der Waals surface area contributed by atoms with Gasteiger partial charge < -0.3 is 9.47 Å². The second kappa shape index (κ2) is 9.31. The van der Waals surface area contributed by atoms with E-state index in [9.17, 15) is 0 Å². The molecule has 0 atom stereocenters. The normalized spacial score (nSPS) is 11.3. The summed E-state index contributed by atoms with van der Waals surface area (Å²) in [6, 6.07) is 29.2. The lowest BCUT2D eigenvalue weighted by Gasteiger charge is -2.13. The third kappa shape index (κ3) is 4.34. The molecule has 0 fully saturated rings. The van der Waals surface area contributed by atoms with Crippen molar-refractivity contribution in [3.05, 3.63) is 120 Å². The molecule has 0 N–H and O–H groups in total. The Bertz CT molecular complexity index is 1540. The van der Waals surface area contributed by atoms with Gasteiger partial charge in [-0.15, -0.1) is 0 Å². The van der Waals surface area contributed by atoms with Crippen LogP contribution in [0.25, 0.3) is 32.6 Å². The van der Waals surface area contributed by atoms with Crippen molar-refractivity contribution in [2.45, 2.75) is 27.1 Å². The number of hydrogen-bond donors (Lipinski definition) is 0. The van der Waals surface area contributed by atoms with Crippen LogP contribution in [-0.2, 0) is 13.2 Å². The molecule has 6 rings (SSSR count). The van der Waals surface area contributed by atoms with Crippen molar-refractivity contribution < 1.29 is 9.47 Å². The van der Waals surface area contributed by atoms with Gasteiger partial charge in [0, 0.05) is 23.2 Å². The lowest BCUT2D eigenvalue weighted by atomic mass is 9.96. The third-order valence-electron chi connectivity index (χ3n) is 6.52. The first-order valence-electron chi connectivity index (χ1n) is 12.1. The van der Waals surface area contributed by atoms with Crippen molar-refractivity contribution in [2.24, 2.45) is 0 Å². The van der Waals surface area contributed by atoms with Crippen LogP contribution in [0, 0.1) is 13.8 Å². The van der Waals surface area contributed by atoms with Crippen LogP contribution in [-0.4, -0.2) is 9.97 Å². The summed E-state index contributed by atoms with van der Waals surface area (Å²) in [7, 11) is 0. The fourth-order valence-corrected chi connectivity index (χ4v) is 4.56. The van der Waals surface area contributed by atoms with Gasteiger partial charge >= 0.3 is 0 Å². The molecule has 5 aromatic carbocycles. The van der Waals surface area contributed by atoms with E-state index >= 15 is 0 Å². The van der Waals surface area contributed by atoms with Crippen LogP contribution >= 0.6 is 0 Å². The fourth-order valence-electron chi connectivity index (χ4n) is 4.56. The minimum Gasteiger partial charge on any atom is -0.489 e. The Morgan fingerprint density at radius 1 is 0.500 bits per heavy atom. The maximum Gasteiger partial charge on any atom is 0.119 e. The average molecular weight is 471 g/mol. The van der Waals surface area contributed by atoms with Crippen LogP contribution in [0.2, 0.25) is 0 Å². The molecule has 0 saturated heterocycles. The fraction of sp³-hybridized carbons (Fsp3) is 0.125. The number of hydrogen-bond acceptors (Lipinski definition) is 4. The molecule has 0 amide bonds. The van der Waals surface area contributed by atoms with Gasteiger partial charge in [-0.25, -0.2) is 0 Å². The maximum absolute atomic E-state index is 6.03. The number of rotatable bonds is 6. The summed E-state index contributed by atoms with van der Waals surface area (Å²) in [5.41, 5.74) is 6.42. The Morgan fingerprint density at radius 3 is 1.33 bits per heavy atom. The highest BCUT2D eigenvalue weighted by Gasteiger charge is 2.12. The first-order valence-corrected chi connectivity index (χ1v) is 12.1. The van der Waals surface area contributed by atoms with Gasteiger partial charge in [0.25, 0.3) is 0 Å². The molecule has 0 aliphatic heterocycles. The Morgan fingerprint density at radius 2 is 0.917 bits per heavy atom. The Labute approximate surface area is 210 Å². The summed E-state index contributed by atoms with van der Waals surface area (Å²) in [6.45, 7) is 5.13. The zero-order chi connectivity index (χ0) is 24.5. The zero-order valence-corrected chi connectivity index (χ0v) is 20.4. The molecule has 4 nitrogen and oxygen atoms in total. The highest BCUT2D eigenvalue weighted by Crippen LogP contribution is 2.34. The van der Waals surface area contributed by atoms with Gasteiger partial charge in [-0.1, -0.05) is 59.7 Å². The molecule has 0 aliphatic rings. The van der Waals surface area contributed by atoms with Crippen molar-refractivity contribution >= 4 is 32.6 Å². The molecule has 0 bridgehead atoms. The number of nitrogens with zero attached hydrogens (tertiary/aromatic N) is 2.